The summed E-state index contributed by atoms with van der Waals surface area (Å²) in [4.78, 5) is 21.6. The predicted octanol–water partition coefficient (Wildman–Crippen LogP) is 3.53. The summed E-state index contributed by atoms with van der Waals surface area (Å²) in [6.07, 6.45) is 3.07. The first kappa shape index (κ1) is 15.3. The lowest BCUT2D eigenvalue weighted by Crippen LogP contribution is -2.30. The largest absolute Gasteiger partial charge is 0.478 e. The molecule has 2 rings (SSSR count). The minimum atomic E-state index is -1.08. The second-order valence-electron chi connectivity index (χ2n) is 6.05. The Hall–Kier alpha value is -2.11. The van der Waals surface area contributed by atoms with Crippen LogP contribution in [0.15, 0.2) is 18.2 Å². The summed E-state index contributed by atoms with van der Waals surface area (Å²) < 4.78 is 0. The van der Waals surface area contributed by atoms with Crippen LogP contribution in [0.3, 0.4) is 0 Å². The topological polar surface area (TPSA) is 92.5 Å². The normalized spacial score (nSPS) is 25.3. The van der Waals surface area contributed by atoms with Crippen molar-refractivity contribution in [1.82, 2.24) is 0 Å². The summed E-state index contributed by atoms with van der Waals surface area (Å²) in [5.74, 6) is 0.0563. The summed E-state index contributed by atoms with van der Waals surface area (Å²) in [5.41, 5.74) is 0.314. The second kappa shape index (κ2) is 6.11. The highest BCUT2D eigenvalue weighted by Crippen LogP contribution is 2.32. The van der Waals surface area contributed by atoms with Gasteiger partial charge in [-0.05, 0) is 37.2 Å². The number of non-ortho nitro benzene ring substituents is 1. The number of hydrogen-bond acceptors (Lipinski definition) is 4. The molecule has 1 aromatic rings. The number of nitrogens with zero attached hydrogens (tertiary/aromatic N) is 1. The molecule has 0 radical (unpaired) electrons. The van der Waals surface area contributed by atoms with Gasteiger partial charge in [0, 0.05) is 18.2 Å². The number of nitro benzene ring substituents is 1. The van der Waals surface area contributed by atoms with E-state index in [2.05, 4.69) is 19.2 Å². The van der Waals surface area contributed by atoms with E-state index in [0.717, 1.165) is 12.8 Å². The first-order chi connectivity index (χ1) is 9.86. The van der Waals surface area contributed by atoms with E-state index in [1.54, 1.807) is 0 Å². The van der Waals surface area contributed by atoms with Crippen molar-refractivity contribution in [1.29, 1.82) is 0 Å². The zero-order valence-electron chi connectivity index (χ0n) is 12.2. The van der Waals surface area contributed by atoms with Gasteiger partial charge in [0.25, 0.3) is 5.69 Å². The molecule has 0 aliphatic heterocycles. The molecule has 2 N–H and O–H groups in total. The van der Waals surface area contributed by atoms with Gasteiger partial charge >= 0.3 is 5.97 Å². The van der Waals surface area contributed by atoms with E-state index in [1.165, 1.54) is 24.6 Å². The third-order valence-electron chi connectivity index (χ3n) is 3.98. The standard InChI is InChI=1S/C15H20N2O4/c1-9-5-10(2)7-11(6-9)16-14-8-12(17(20)21)3-4-13(14)15(18)19/h3-4,8-11,16H,5-7H2,1-2H3,(H,18,19). The van der Waals surface area contributed by atoms with Gasteiger partial charge in [-0.25, -0.2) is 4.79 Å². The summed E-state index contributed by atoms with van der Waals surface area (Å²) in [5, 5.41) is 23.3. The van der Waals surface area contributed by atoms with Crippen molar-refractivity contribution >= 4 is 17.3 Å². The van der Waals surface area contributed by atoms with Gasteiger partial charge < -0.3 is 10.4 Å². The van der Waals surface area contributed by atoms with Crippen LogP contribution in [0.4, 0.5) is 11.4 Å². The van der Waals surface area contributed by atoms with Crippen molar-refractivity contribution < 1.29 is 14.8 Å². The van der Waals surface area contributed by atoms with Crippen molar-refractivity contribution in [3.63, 3.8) is 0 Å². The van der Waals surface area contributed by atoms with Crippen molar-refractivity contribution in [3.8, 4) is 0 Å². The summed E-state index contributed by atoms with van der Waals surface area (Å²) in [6, 6.07) is 3.98. The Morgan fingerprint density at radius 2 is 1.90 bits per heavy atom. The van der Waals surface area contributed by atoms with E-state index >= 15 is 0 Å². The van der Waals surface area contributed by atoms with Crippen LogP contribution < -0.4 is 5.32 Å². The van der Waals surface area contributed by atoms with E-state index in [9.17, 15) is 20.0 Å². The average Bonchev–Trinajstić information content (AvgIpc) is 2.36. The van der Waals surface area contributed by atoms with E-state index < -0.39 is 10.9 Å². The average molecular weight is 292 g/mol. The van der Waals surface area contributed by atoms with Crippen molar-refractivity contribution in [2.24, 2.45) is 11.8 Å². The molecule has 6 nitrogen and oxygen atoms in total. The Morgan fingerprint density at radius 1 is 1.29 bits per heavy atom. The number of rotatable bonds is 4. The number of nitro groups is 1. The summed E-state index contributed by atoms with van der Waals surface area (Å²) >= 11 is 0. The van der Waals surface area contributed by atoms with Gasteiger partial charge in [0.15, 0.2) is 0 Å². The van der Waals surface area contributed by atoms with E-state index in [0.29, 0.717) is 17.5 Å². The van der Waals surface area contributed by atoms with Gasteiger partial charge in [0.2, 0.25) is 0 Å². The molecular formula is C15H20N2O4. The molecule has 2 unspecified atom stereocenters. The number of carboxylic acid groups (broad SMARTS) is 1. The molecule has 6 heteroatoms. The Labute approximate surface area is 123 Å². The Balaban J connectivity index is 2.26. The Morgan fingerprint density at radius 3 is 2.43 bits per heavy atom. The molecule has 1 aliphatic carbocycles. The van der Waals surface area contributed by atoms with Crippen LogP contribution in [0.1, 0.15) is 43.5 Å². The van der Waals surface area contributed by atoms with Gasteiger partial charge in [0.05, 0.1) is 16.2 Å². The maximum Gasteiger partial charge on any atom is 0.337 e. The molecule has 21 heavy (non-hydrogen) atoms. The molecule has 1 aromatic carbocycles. The maximum absolute atomic E-state index is 11.3. The van der Waals surface area contributed by atoms with Crippen LogP contribution in [-0.2, 0) is 0 Å². The summed E-state index contributed by atoms with van der Waals surface area (Å²) in [7, 11) is 0. The molecular weight excluding hydrogens is 272 g/mol. The lowest BCUT2D eigenvalue weighted by atomic mass is 9.80. The predicted molar refractivity (Wildman–Crippen MR) is 79.6 cm³/mol. The minimum Gasteiger partial charge on any atom is -0.478 e. The molecule has 0 saturated heterocycles. The fourth-order valence-electron chi connectivity index (χ4n) is 3.24. The molecule has 2 atom stereocenters. The Bertz CT molecular complexity index is 549. The number of anilines is 1. The quantitative estimate of drug-likeness (QED) is 0.654. The second-order valence-corrected chi connectivity index (χ2v) is 6.05. The number of carboxylic acids is 1. The minimum absolute atomic E-state index is 0.0754. The fourth-order valence-corrected chi connectivity index (χ4v) is 3.24. The molecule has 1 aliphatic rings. The number of carbonyl (C=O) groups is 1. The monoisotopic (exact) mass is 292 g/mol. The highest BCUT2D eigenvalue weighted by atomic mass is 16.6. The molecule has 1 saturated carbocycles. The van der Waals surface area contributed by atoms with Crippen LogP contribution in [0, 0.1) is 22.0 Å². The van der Waals surface area contributed by atoms with Crippen molar-refractivity contribution in [3.05, 3.63) is 33.9 Å². The van der Waals surface area contributed by atoms with Gasteiger partial charge in [-0.15, -0.1) is 0 Å². The van der Waals surface area contributed by atoms with Crippen molar-refractivity contribution in [2.45, 2.75) is 39.2 Å². The van der Waals surface area contributed by atoms with E-state index in [-0.39, 0.29) is 17.3 Å². The first-order valence-electron chi connectivity index (χ1n) is 7.15. The molecule has 0 heterocycles. The smallest absolute Gasteiger partial charge is 0.337 e. The molecule has 0 aromatic heterocycles. The highest BCUT2D eigenvalue weighted by molar-refractivity contribution is 5.94. The molecule has 0 spiro atoms. The Kier molecular flexibility index (Phi) is 4.45. The van der Waals surface area contributed by atoms with E-state index in [1.807, 2.05) is 0 Å². The highest BCUT2D eigenvalue weighted by Gasteiger charge is 2.25. The van der Waals surface area contributed by atoms with Gasteiger partial charge in [-0.2, -0.15) is 0 Å². The first-order valence-corrected chi connectivity index (χ1v) is 7.15. The number of benzene rings is 1. The number of nitrogens with one attached hydrogen (secondary N) is 1. The van der Waals surface area contributed by atoms with E-state index in [4.69, 9.17) is 0 Å². The molecule has 1 fully saturated rings. The van der Waals surface area contributed by atoms with Crippen LogP contribution in [0.5, 0.6) is 0 Å². The molecule has 114 valence electrons. The van der Waals surface area contributed by atoms with Crippen LogP contribution in [0.2, 0.25) is 0 Å². The molecule has 0 amide bonds. The van der Waals surface area contributed by atoms with Gasteiger partial charge in [-0.1, -0.05) is 13.8 Å². The van der Waals surface area contributed by atoms with Gasteiger partial charge in [-0.3, -0.25) is 10.1 Å². The van der Waals surface area contributed by atoms with Crippen LogP contribution >= 0.6 is 0 Å². The zero-order chi connectivity index (χ0) is 15.6. The van der Waals surface area contributed by atoms with Crippen LogP contribution in [-0.4, -0.2) is 22.0 Å². The van der Waals surface area contributed by atoms with Crippen molar-refractivity contribution in [2.75, 3.05) is 5.32 Å². The lowest BCUT2D eigenvalue weighted by molar-refractivity contribution is -0.384. The summed E-state index contributed by atoms with van der Waals surface area (Å²) in [6.45, 7) is 4.35. The third-order valence-corrected chi connectivity index (χ3v) is 3.98. The van der Waals surface area contributed by atoms with Crippen LogP contribution in [0.25, 0.3) is 0 Å². The maximum atomic E-state index is 11.3. The SMILES string of the molecule is CC1CC(C)CC(Nc2cc([N+](=O)[O-])ccc2C(=O)O)C1. The van der Waals surface area contributed by atoms with Gasteiger partial charge in [0.1, 0.15) is 0 Å². The number of aromatic carboxylic acids is 1. The molecule has 0 bridgehead atoms. The lowest BCUT2D eigenvalue weighted by Gasteiger charge is -2.32. The fraction of sp³-hybridized carbons (Fsp3) is 0.533. The number of hydrogen-bond donors (Lipinski definition) is 2. The third kappa shape index (κ3) is 3.71. The zero-order valence-corrected chi connectivity index (χ0v) is 12.2.